The predicted octanol–water partition coefficient (Wildman–Crippen LogP) is 0.502. The Bertz CT molecular complexity index is 792. The van der Waals surface area contributed by atoms with Gasteiger partial charge in [0.2, 0.25) is 5.91 Å². The number of hydrogen-bond donors (Lipinski definition) is 2. The summed E-state index contributed by atoms with van der Waals surface area (Å²) in [5, 5.41) is 15.8. The van der Waals surface area contributed by atoms with Gasteiger partial charge in [-0.1, -0.05) is 19.9 Å². The number of carboxylic acid groups (broad SMARTS) is 1. The third kappa shape index (κ3) is 3.58. The van der Waals surface area contributed by atoms with E-state index in [0.29, 0.717) is 5.65 Å². The molecule has 0 aromatic carbocycles. The second-order valence-electron chi connectivity index (χ2n) is 6.06. The van der Waals surface area contributed by atoms with Crippen LogP contribution in [0.2, 0.25) is 0 Å². The fraction of sp³-hybridized carbons (Fsp3) is 0.467. The number of fused-ring (bicyclic) bond motifs is 1. The molecule has 0 saturated heterocycles. The number of rotatable bonds is 6. The molecule has 0 spiro atoms. The lowest BCUT2D eigenvalue weighted by Gasteiger charge is -2.33. The number of pyridine rings is 1. The molecule has 2 aromatic rings. The lowest BCUT2D eigenvalue weighted by Crippen LogP contribution is -2.52. The second kappa shape index (κ2) is 6.23. The number of carbonyl (C=O) groups excluding carboxylic acids is 1. The molecule has 0 aliphatic heterocycles. The number of nitrogens with one attached hydrogen (secondary N) is 1. The smallest absolute Gasteiger partial charge is 0.350 e. The zero-order chi connectivity index (χ0) is 17.2. The molecule has 1 atom stereocenters. The van der Waals surface area contributed by atoms with Crippen LogP contribution in [0.1, 0.15) is 27.2 Å². The Kier molecular flexibility index (Phi) is 4.53. The quantitative estimate of drug-likeness (QED) is 0.806. The summed E-state index contributed by atoms with van der Waals surface area (Å²) >= 11 is 0. The van der Waals surface area contributed by atoms with Gasteiger partial charge in [-0.3, -0.25) is 14.0 Å². The van der Waals surface area contributed by atoms with Crippen LogP contribution in [0.15, 0.2) is 29.2 Å². The average molecular weight is 320 g/mol. The maximum Gasteiger partial charge on any atom is 0.350 e. The average Bonchev–Trinajstić information content (AvgIpc) is 2.74. The third-order valence-electron chi connectivity index (χ3n) is 4.00. The highest BCUT2D eigenvalue weighted by Crippen LogP contribution is 2.20. The molecule has 2 N–H and O–H groups in total. The molecule has 2 heterocycles. The lowest BCUT2D eigenvalue weighted by atomic mass is 9.85. The van der Waals surface area contributed by atoms with Crippen molar-refractivity contribution in [1.29, 1.82) is 0 Å². The van der Waals surface area contributed by atoms with E-state index in [0.717, 1.165) is 4.68 Å². The molecule has 1 amide bonds. The van der Waals surface area contributed by atoms with Crippen LogP contribution in [-0.4, -0.2) is 36.7 Å². The lowest BCUT2D eigenvalue weighted by molar-refractivity contribution is -0.139. The van der Waals surface area contributed by atoms with Gasteiger partial charge in [-0.15, -0.1) is 5.10 Å². The van der Waals surface area contributed by atoms with Crippen LogP contribution >= 0.6 is 0 Å². The van der Waals surface area contributed by atoms with E-state index in [1.165, 1.54) is 4.40 Å². The fourth-order valence-corrected chi connectivity index (χ4v) is 2.27. The van der Waals surface area contributed by atoms with E-state index in [4.69, 9.17) is 5.11 Å². The first-order valence-electron chi connectivity index (χ1n) is 7.30. The maximum absolute atomic E-state index is 12.2. The Balaban J connectivity index is 2.18. The maximum atomic E-state index is 12.2. The van der Waals surface area contributed by atoms with E-state index < -0.39 is 23.1 Å². The van der Waals surface area contributed by atoms with Gasteiger partial charge in [-0.2, -0.15) is 0 Å². The topological polar surface area (TPSA) is 106 Å². The number of aliphatic carboxylic acids is 1. The summed E-state index contributed by atoms with van der Waals surface area (Å²) < 4.78 is 2.40. The monoisotopic (exact) mass is 320 g/mol. The SMILES string of the molecule is CC(C)C(C)(CC(=O)O)NC(=O)Cn1nc2ccccn2c1=O. The highest BCUT2D eigenvalue weighted by Gasteiger charge is 2.33. The van der Waals surface area contributed by atoms with Gasteiger partial charge in [0, 0.05) is 6.20 Å². The van der Waals surface area contributed by atoms with Crippen LogP contribution in [0.5, 0.6) is 0 Å². The number of carboxylic acids is 1. The van der Waals surface area contributed by atoms with Crippen molar-refractivity contribution in [2.45, 2.75) is 39.3 Å². The van der Waals surface area contributed by atoms with Crippen LogP contribution in [0, 0.1) is 5.92 Å². The minimum atomic E-state index is -0.994. The highest BCUT2D eigenvalue weighted by atomic mass is 16.4. The van der Waals surface area contributed by atoms with E-state index >= 15 is 0 Å². The molecule has 0 bridgehead atoms. The molecule has 0 fully saturated rings. The summed E-state index contributed by atoms with van der Waals surface area (Å²) in [6.07, 6.45) is 1.37. The Hall–Kier alpha value is -2.64. The van der Waals surface area contributed by atoms with E-state index in [1.54, 1.807) is 31.3 Å². The number of nitrogens with zero attached hydrogens (tertiary/aromatic N) is 3. The van der Waals surface area contributed by atoms with Crippen LogP contribution in [0.25, 0.3) is 5.65 Å². The molecule has 0 saturated carbocycles. The fourth-order valence-electron chi connectivity index (χ4n) is 2.27. The number of aromatic nitrogens is 3. The molecule has 0 radical (unpaired) electrons. The van der Waals surface area contributed by atoms with Gasteiger partial charge in [-0.25, -0.2) is 9.48 Å². The van der Waals surface area contributed by atoms with Crippen molar-refractivity contribution in [2.75, 3.05) is 0 Å². The zero-order valence-corrected chi connectivity index (χ0v) is 13.3. The van der Waals surface area contributed by atoms with Gasteiger partial charge < -0.3 is 10.4 Å². The standard InChI is InChI=1S/C15H20N4O4/c1-10(2)15(3,8-13(21)22)16-12(20)9-19-14(23)18-7-5-4-6-11(18)17-19/h4-7,10H,8-9H2,1-3H3,(H,16,20)(H,21,22). The van der Waals surface area contributed by atoms with Gasteiger partial charge in [0.15, 0.2) is 5.65 Å². The van der Waals surface area contributed by atoms with E-state index in [-0.39, 0.29) is 18.9 Å². The Labute approximate surface area is 132 Å². The summed E-state index contributed by atoms with van der Waals surface area (Å²) in [6, 6.07) is 5.11. The molecule has 0 aliphatic rings. The molecule has 8 heteroatoms. The molecule has 8 nitrogen and oxygen atoms in total. The summed E-state index contributed by atoms with van der Waals surface area (Å²) in [5.74, 6) is -1.53. The molecule has 23 heavy (non-hydrogen) atoms. The Morgan fingerprint density at radius 1 is 1.39 bits per heavy atom. The van der Waals surface area contributed by atoms with Crippen LogP contribution < -0.4 is 11.0 Å². The number of amides is 1. The van der Waals surface area contributed by atoms with Crippen LogP contribution in [0.3, 0.4) is 0 Å². The van der Waals surface area contributed by atoms with Crippen molar-refractivity contribution < 1.29 is 14.7 Å². The summed E-state index contributed by atoms with van der Waals surface area (Å²) in [7, 11) is 0. The predicted molar refractivity (Wildman–Crippen MR) is 83.1 cm³/mol. The molecule has 2 aromatic heterocycles. The van der Waals surface area contributed by atoms with Gasteiger partial charge in [0.25, 0.3) is 0 Å². The Morgan fingerprint density at radius 3 is 2.65 bits per heavy atom. The van der Waals surface area contributed by atoms with Crippen LogP contribution in [-0.2, 0) is 16.1 Å². The second-order valence-corrected chi connectivity index (χ2v) is 6.06. The molecular weight excluding hydrogens is 300 g/mol. The minimum Gasteiger partial charge on any atom is -0.481 e. The molecule has 1 unspecified atom stereocenters. The first-order chi connectivity index (χ1) is 10.7. The van der Waals surface area contributed by atoms with Gasteiger partial charge >= 0.3 is 11.7 Å². The summed E-state index contributed by atoms with van der Waals surface area (Å²) in [4.78, 5) is 35.4. The number of hydrogen-bond acceptors (Lipinski definition) is 4. The van der Waals surface area contributed by atoms with E-state index in [9.17, 15) is 14.4 Å². The van der Waals surface area contributed by atoms with Gasteiger partial charge in [-0.05, 0) is 25.0 Å². The highest BCUT2D eigenvalue weighted by molar-refractivity contribution is 5.78. The van der Waals surface area contributed by atoms with Gasteiger partial charge in [0.1, 0.15) is 6.54 Å². The zero-order valence-electron chi connectivity index (χ0n) is 13.3. The largest absolute Gasteiger partial charge is 0.481 e. The van der Waals surface area contributed by atoms with Crippen molar-refractivity contribution in [3.8, 4) is 0 Å². The number of carbonyl (C=O) groups is 2. The van der Waals surface area contributed by atoms with Gasteiger partial charge in [0.05, 0.1) is 12.0 Å². The van der Waals surface area contributed by atoms with Crippen molar-refractivity contribution in [2.24, 2.45) is 5.92 Å². The first-order valence-corrected chi connectivity index (χ1v) is 7.30. The summed E-state index contributed by atoms with van der Waals surface area (Å²) in [6.45, 7) is 5.08. The Morgan fingerprint density at radius 2 is 2.09 bits per heavy atom. The van der Waals surface area contributed by atoms with Crippen molar-refractivity contribution in [1.82, 2.24) is 19.5 Å². The minimum absolute atomic E-state index is 0.0830. The molecular formula is C15H20N4O4. The normalized spacial score (nSPS) is 13.9. The summed E-state index contributed by atoms with van der Waals surface area (Å²) in [5.41, 5.74) is -0.867. The molecule has 124 valence electrons. The van der Waals surface area contributed by atoms with Crippen molar-refractivity contribution in [3.63, 3.8) is 0 Å². The van der Waals surface area contributed by atoms with Crippen molar-refractivity contribution in [3.05, 3.63) is 34.9 Å². The van der Waals surface area contributed by atoms with E-state index in [2.05, 4.69) is 10.4 Å². The first kappa shape index (κ1) is 16.7. The van der Waals surface area contributed by atoms with Crippen LogP contribution in [0.4, 0.5) is 0 Å². The van der Waals surface area contributed by atoms with Crippen molar-refractivity contribution >= 4 is 17.5 Å². The van der Waals surface area contributed by atoms with E-state index in [1.807, 2.05) is 13.8 Å². The third-order valence-corrected chi connectivity index (χ3v) is 4.00. The molecule has 2 rings (SSSR count). The molecule has 0 aliphatic carbocycles.